The standard InChI is InChI=1S/C21H26N2O3/c1-2-26-20(25)21(9-12-22-13-10-21)11-15-23-14-8-18(16-19(23)24)17-6-4-3-5-7-17/h3-8,14,16,22H,2,9-13,15H2,1H3. The molecule has 2 heterocycles. The molecule has 0 amide bonds. The van der Waals surface area contributed by atoms with E-state index in [0.717, 1.165) is 37.1 Å². The molecule has 2 aromatic rings. The number of carbonyl (C=O) groups excluding carboxylic acids is 1. The first-order valence-corrected chi connectivity index (χ1v) is 9.28. The minimum Gasteiger partial charge on any atom is -0.466 e. The molecule has 1 aromatic heterocycles. The van der Waals surface area contributed by atoms with Crippen molar-refractivity contribution in [2.45, 2.75) is 32.7 Å². The number of aryl methyl sites for hydroxylation is 1. The zero-order valence-corrected chi connectivity index (χ0v) is 15.2. The van der Waals surface area contributed by atoms with Crippen molar-refractivity contribution in [3.8, 4) is 11.1 Å². The molecule has 0 spiro atoms. The number of pyridine rings is 1. The second-order valence-electron chi connectivity index (χ2n) is 6.81. The Kier molecular flexibility index (Phi) is 5.89. The van der Waals surface area contributed by atoms with Gasteiger partial charge in [-0.15, -0.1) is 0 Å². The Morgan fingerprint density at radius 3 is 2.54 bits per heavy atom. The van der Waals surface area contributed by atoms with Crippen LogP contribution in [0.5, 0.6) is 0 Å². The van der Waals surface area contributed by atoms with Crippen molar-refractivity contribution in [2.24, 2.45) is 5.41 Å². The van der Waals surface area contributed by atoms with Gasteiger partial charge >= 0.3 is 5.97 Å². The number of aromatic nitrogens is 1. The number of hydrogen-bond donors (Lipinski definition) is 1. The monoisotopic (exact) mass is 354 g/mol. The molecule has 5 nitrogen and oxygen atoms in total. The molecule has 138 valence electrons. The first kappa shape index (κ1) is 18.4. The van der Waals surface area contributed by atoms with Gasteiger partial charge in [0, 0.05) is 18.8 Å². The average Bonchev–Trinajstić information content (AvgIpc) is 2.68. The lowest BCUT2D eigenvalue weighted by molar-refractivity contribution is -0.158. The van der Waals surface area contributed by atoms with Gasteiger partial charge in [-0.25, -0.2) is 0 Å². The Morgan fingerprint density at radius 2 is 1.88 bits per heavy atom. The van der Waals surface area contributed by atoms with Crippen LogP contribution in [0.1, 0.15) is 26.2 Å². The summed E-state index contributed by atoms with van der Waals surface area (Å²) in [5, 5.41) is 3.30. The summed E-state index contributed by atoms with van der Waals surface area (Å²) in [6, 6.07) is 13.5. The third-order valence-electron chi connectivity index (χ3n) is 5.20. The highest BCUT2D eigenvalue weighted by molar-refractivity contribution is 5.77. The van der Waals surface area contributed by atoms with E-state index in [-0.39, 0.29) is 11.5 Å². The van der Waals surface area contributed by atoms with Crippen LogP contribution in [0.3, 0.4) is 0 Å². The number of carbonyl (C=O) groups is 1. The number of hydrogen-bond acceptors (Lipinski definition) is 4. The number of ether oxygens (including phenoxy) is 1. The van der Waals surface area contributed by atoms with Crippen LogP contribution >= 0.6 is 0 Å². The highest BCUT2D eigenvalue weighted by atomic mass is 16.5. The van der Waals surface area contributed by atoms with E-state index >= 15 is 0 Å². The fraction of sp³-hybridized carbons (Fsp3) is 0.429. The normalized spacial score (nSPS) is 16.2. The lowest BCUT2D eigenvalue weighted by Crippen LogP contribution is -2.44. The minimum atomic E-state index is -0.487. The molecule has 5 heteroatoms. The lowest BCUT2D eigenvalue weighted by Gasteiger charge is -2.35. The van der Waals surface area contributed by atoms with E-state index in [1.807, 2.05) is 49.5 Å². The van der Waals surface area contributed by atoms with Crippen LogP contribution < -0.4 is 10.9 Å². The van der Waals surface area contributed by atoms with Gasteiger partial charge in [-0.1, -0.05) is 30.3 Å². The number of rotatable bonds is 6. The Hall–Kier alpha value is -2.40. The maximum absolute atomic E-state index is 12.5. The van der Waals surface area contributed by atoms with E-state index < -0.39 is 5.41 Å². The summed E-state index contributed by atoms with van der Waals surface area (Å²) >= 11 is 0. The van der Waals surface area contributed by atoms with E-state index in [2.05, 4.69) is 5.32 Å². The smallest absolute Gasteiger partial charge is 0.312 e. The third-order valence-corrected chi connectivity index (χ3v) is 5.20. The predicted octanol–water partition coefficient (Wildman–Crippen LogP) is 2.84. The van der Waals surface area contributed by atoms with Crippen molar-refractivity contribution in [3.05, 3.63) is 59.0 Å². The summed E-state index contributed by atoms with van der Waals surface area (Å²) in [5.41, 5.74) is 1.41. The summed E-state index contributed by atoms with van der Waals surface area (Å²) in [5.74, 6) is -0.129. The van der Waals surface area contributed by atoms with Crippen molar-refractivity contribution < 1.29 is 9.53 Å². The Morgan fingerprint density at radius 1 is 1.15 bits per heavy atom. The highest BCUT2D eigenvalue weighted by Crippen LogP contribution is 2.34. The number of nitrogens with zero attached hydrogens (tertiary/aromatic N) is 1. The first-order chi connectivity index (χ1) is 12.6. The van der Waals surface area contributed by atoms with Crippen LogP contribution in [-0.4, -0.2) is 30.2 Å². The number of benzene rings is 1. The molecular weight excluding hydrogens is 328 g/mol. The molecular formula is C21H26N2O3. The highest BCUT2D eigenvalue weighted by Gasteiger charge is 2.40. The summed E-state index contributed by atoms with van der Waals surface area (Å²) < 4.78 is 7.02. The van der Waals surface area contributed by atoms with Gasteiger partial charge in [-0.05, 0) is 56.5 Å². The van der Waals surface area contributed by atoms with Gasteiger partial charge in [0.1, 0.15) is 0 Å². The molecule has 26 heavy (non-hydrogen) atoms. The van der Waals surface area contributed by atoms with Crippen molar-refractivity contribution in [3.63, 3.8) is 0 Å². The second-order valence-corrected chi connectivity index (χ2v) is 6.81. The SMILES string of the molecule is CCOC(=O)C1(CCn2ccc(-c3ccccc3)cc2=O)CCNCC1. The van der Waals surface area contributed by atoms with Gasteiger partial charge in [-0.2, -0.15) is 0 Å². The van der Waals surface area contributed by atoms with E-state index in [1.54, 1.807) is 10.6 Å². The van der Waals surface area contributed by atoms with Crippen molar-refractivity contribution in [1.29, 1.82) is 0 Å². The van der Waals surface area contributed by atoms with E-state index in [0.29, 0.717) is 19.6 Å². The van der Waals surface area contributed by atoms with Crippen LogP contribution in [0, 0.1) is 5.41 Å². The van der Waals surface area contributed by atoms with Crippen LogP contribution in [0.4, 0.5) is 0 Å². The molecule has 1 saturated heterocycles. The molecule has 0 bridgehead atoms. The van der Waals surface area contributed by atoms with Crippen molar-refractivity contribution in [2.75, 3.05) is 19.7 Å². The molecule has 1 N–H and O–H groups in total. The molecule has 0 unspecified atom stereocenters. The summed E-state index contributed by atoms with van der Waals surface area (Å²) in [7, 11) is 0. The average molecular weight is 354 g/mol. The molecule has 1 aromatic carbocycles. The minimum absolute atomic E-state index is 0.0423. The first-order valence-electron chi connectivity index (χ1n) is 9.28. The van der Waals surface area contributed by atoms with Gasteiger partial charge < -0.3 is 14.6 Å². The molecule has 0 atom stereocenters. The largest absolute Gasteiger partial charge is 0.466 e. The molecule has 1 aliphatic rings. The van der Waals surface area contributed by atoms with E-state index in [9.17, 15) is 9.59 Å². The predicted molar refractivity (Wildman–Crippen MR) is 102 cm³/mol. The Balaban J connectivity index is 1.75. The number of esters is 1. The molecule has 3 rings (SSSR count). The Bertz CT molecular complexity index is 792. The topological polar surface area (TPSA) is 60.3 Å². The molecule has 0 radical (unpaired) electrons. The van der Waals surface area contributed by atoms with Gasteiger partial charge in [0.2, 0.25) is 0 Å². The zero-order chi connectivity index (χ0) is 18.4. The van der Waals surface area contributed by atoms with Crippen LogP contribution in [0.25, 0.3) is 11.1 Å². The number of nitrogens with one attached hydrogen (secondary N) is 1. The summed E-state index contributed by atoms with van der Waals surface area (Å²) in [4.78, 5) is 25.0. The van der Waals surface area contributed by atoms with Gasteiger partial charge in [0.05, 0.1) is 12.0 Å². The van der Waals surface area contributed by atoms with Crippen molar-refractivity contribution in [1.82, 2.24) is 9.88 Å². The maximum atomic E-state index is 12.5. The maximum Gasteiger partial charge on any atom is 0.312 e. The quantitative estimate of drug-likeness (QED) is 0.811. The summed E-state index contributed by atoms with van der Waals surface area (Å²) in [6.07, 6.45) is 3.95. The molecule has 0 saturated carbocycles. The van der Waals surface area contributed by atoms with Gasteiger partial charge in [0.15, 0.2) is 0 Å². The van der Waals surface area contributed by atoms with Crippen LogP contribution in [0.2, 0.25) is 0 Å². The fourth-order valence-corrected chi connectivity index (χ4v) is 3.58. The van der Waals surface area contributed by atoms with Crippen LogP contribution in [0.15, 0.2) is 53.5 Å². The van der Waals surface area contributed by atoms with Crippen molar-refractivity contribution >= 4 is 5.97 Å². The van der Waals surface area contributed by atoms with E-state index in [1.165, 1.54) is 0 Å². The fourth-order valence-electron chi connectivity index (χ4n) is 3.58. The van der Waals surface area contributed by atoms with Crippen LogP contribution in [-0.2, 0) is 16.1 Å². The zero-order valence-electron chi connectivity index (χ0n) is 15.2. The van der Waals surface area contributed by atoms with Gasteiger partial charge in [0.25, 0.3) is 5.56 Å². The number of piperidine rings is 1. The molecule has 1 aliphatic heterocycles. The summed E-state index contributed by atoms with van der Waals surface area (Å²) in [6.45, 7) is 4.35. The molecule has 0 aliphatic carbocycles. The Labute approximate surface area is 154 Å². The lowest BCUT2D eigenvalue weighted by atomic mass is 9.76. The molecule has 1 fully saturated rings. The van der Waals surface area contributed by atoms with Gasteiger partial charge in [-0.3, -0.25) is 9.59 Å². The second kappa shape index (κ2) is 8.32. The third kappa shape index (κ3) is 4.05. The van der Waals surface area contributed by atoms with E-state index in [4.69, 9.17) is 4.74 Å².